The van der Waals surface area contributed by atoms with Crippen LogP contribution in [0.4, 0.5) is 0 Å². The van der Waals surface area contributed by atoms with E-state index >= 15 is 0 Å². The van der Waals surface area contributed by atoms with Crippen molar-refractivity contribution in [1.82, 2.24) is 15.1 Å². The topological polar surface area (TPSA) is 50.1 Å². The first-order chi connectivity index (χ1) is 8.56. The van der Waals surface area contributed by atoms with Crippen LogP contribution in [0.1, 0.15) is 44.0 Å². The minimum absolute atomic E-state index is 0.515. The first-order valence-electron chi connectivity index (χ1n) is 6.69. The first-order valence-corrected chi connectivity index (χ1v) is 7.07. The van der Waals surface area contributed by atoms with Gasteiger partial charge in [-0.3, -0.25) is 4.68 Å². The summed E-state index contributed by atoms with van der Waals surface area (Å²) in [6, 6.07) is 0. The van der Waals surface area contributed by atoms with Gasteiger partial charge in [0.05, 0.1) is 22.0 Å². The molecule has 0 saturated heterocycles. The molecule has 5 heteroatoms. The van der Waals surface area contributed by atoms with Crippen molar-refractivity contribution in [1.29, 1.82) is 0 Å². The molecule has 0 radical (unpaired) electrons. The largest absolute Gasteiger partial charge is 0.389 e. The summed E-state index contributed by atoms with van der Waals surface area (Å²) >= 11 is 6.27. The molecule has 1 aliphatic rings. The van der Waals surface area contributed by atoms with E-state index in [1.165, 1.54) is 0 Å². The highest BCUT2D eigenvalue weighted by Gasteiger charge is 2.30. The Hall–Kier alpha value is -0.580. The van der Waals surface area contributed by atoms with Crippen molar-refractivity contribution in [2.45, 2.75) is 51.2 Å². The van der Waals surface area contributed by atoms with Gasteiger partial charge in [0.25, 0.3) is 0 Å². The summed E-state index contributed by atoms with van der Waals surface area (Å²) < 4.78 is 1.83. The van der Waals surface area contributed by atoms with Gasteiger partial charge < -0.3 is 10.4 Å². The number of aliphatic hydroxyl groups is 1. The number of aromatic nitrogens is 2. The highest BCUT2D eigenvalue weighted by Crippen LogP contribution is 2.29. The van der Waals surface area contributed by atoms with Crippen molar-refractivity contribution < 1.29 is 5.11 Å². The molecule has 0 spiro atoms. The van der Waals surface area contributed by atoms with Gasteiger partial charge >= 0.3 is 0 Å². The second-order valence-corrected chi connectivity index (χ2v) is 5.60. The predicted octanol–water partition coefficient (Wildman–Crippen LogP) is 2.03. The molecule has 1 saturated carbocycles. The summed E-state index contributed by atoms with van der Waals surface area (Å²) in [5.41, 5.74) is 1.42. The molecule has 1 aromatic heterocycles. The van der Waals surface area contributed by atoms with Gasteiger partial charge in [-0.1, -0.05) is 31.4 Å². The monoisotopic (exact) mass is 271 g/mol. The molecule has 1 fully saturated rings. The van der Waals surface area contributed by atoms with Crippen LogP contribution in [0.25, 0.3) is 0 Å². The Morgan fingerprint density at radius 2 is 2.11 bits per heavy atom. The van der Waals surface area contributed by atoms with E-state index in [1.54, 1.807) is 0 Å². The summed E-state index contributed by atoms with van der Waals surface area (Å²) in [4.78, 5) is 0. The third kappa shape index (κ3) is 2.87. The number of aryl methyl sites for hydroxylation is 2. The van der Waals surface area contributed by atoms with Crippen LogP contribution in [-0.2, 0) is 20.0 Å². The van der Waals surface area contributed by atoms with Crippen LogP contribution >= 0.6 is 11.6 Å². The Bertz CT molecular complexity index is 411. The molecule has 4 nitrogen and oxygen atoms in total. The second-order valence-electron chi connectivity index (χ2n) is 5.22. The van der Waals surface area contributed by atoms with E-state index in [-0.39, 0.29) is 0 Å². The maximum Gasteiger partial charge on any atom is 0.0863 e. The molecule has 0 bridgehead atoms. The molecule has 0 unspecified atom stereocenters. The molecule has 1 aromatic rings. The average molecular weight is 272 g/mol. The van der Waals surface area contributed by atoms with Crippen LogP contribution in [0.15, 0.2) is 0 Å². The summed E-state index contributed by atoms with van der Waals surface area (Å²) in [7, 11) is 1.91. The van der Waals surface area contributed by atoms with Crippen LogP contribution in [-0.4, -0.2) is 27.0 Å². The highest BCUT2D eigenvalue weighted by atomic mass is 35.5. The lowest BCUT2D eigenvalue weighted by atomic mass is 10.0. The SMILES string of the molecule is CCc1nn(C)c(CNCC2(O)CCCC2)c1Cl. The van der Waals surface area contributed by atoms with Gasteiger partial charge in [0.1, 0.15) is 0 Å². The molecule has 0 amide bonds. The van der Waals surface area contributed by atoms with Gasteiger partial charge in [0, 0.05) is 20.1 Å². The fraction of sp³-hybridized carbons (Fsp3) is 0.769. The quantitative estimate of drug-likeness (QED) is 0.862. The Kier molecular flexibility index (Phi) is 4.30. The van der Waals surface area contributed by atoms with Crippen LogP contribution in [0.5, 0.6) is 0 Å². The third-order valence-electron chi connectivity index (χ3n) is 3.78. The molecule has 2 rings (SSSR count). The average Bonchev–Trinajstić information content (AvgIpc) is 2.87. The Labute approximate surface area is 113 Å². The van der Waals surface area contributed by atoms with Crippen molar-refractivity contribution in [2.24, 2.45) is 7.05 Å². The van der Waals surface area contributed by atoms with Crippen molar-refractivity contribution >= 4 is 11.6 Å². The number of hydrogen-bond acceptors (Lipinski definition) is 3. The number of rotatable bonds is 5. The van der Waals surface area contributed by atoms with Crippen molar-refractivity contribution in [2.75, 3.05) is 6.54 Å². The summed E-state index contributed by atoms with van der Waals surface area (Å²) in [6.45, 7) is 3.34. The van der Waals surface area contributed by atoms with Gasteiger partial charge in [-0.2, -0.15) is 5.10 Å². The zero-order valence-corrected chi connectivity index (χ0v) is 11.9. The summed E-state index contributed by atoms with van der Waals surface area (Å²) in [5, 5.41) is 18.7. The van der Waals surface area contributed by atoms with Gasteiger partial charge in [-0.15, -0.1) is 0 Å². The highest BCUT2D eigenvalue weighted by molar-refractivity contribution is 6.31. The lowest BCUT2D eigenvalue weighted by Gasteiger charge is -2.22. The Morgan fingerprint density at radius 1 is 1.44 bits per heavy atom. The smallest absolute Gasteiger partial charge is 0.0863 e. The maximum absolute atomic E-state index is 10.2. The number of hydrogen-bond donors (Lipinski definition) is 2. The molecule has 1 heterocycles. The molecule has 102 valence electrons. The minimum Gasteiger partial charge on any atom is -0.389 e. The van der Waals surface area contributed by atoms with Crippen LogP contribution < -0.4 is 5.32 Å². The molecule has 0 aromatic carbocycles. The standard InChI is InChI=1S/C13H22ClN3O/c1-3-10-12(14)11(17(2)16-10)8-15-9-13(18)6-4-5-7-13/h15,18H,3-9H2,1-2H3. The fourth-order valence-electron chi connectivity index (χ4n) is 2.64. The van der Waals surface area contributed by atoms with Crippen LogP contribution in [0, 0.1) is 0 Å². The molecule has 1 aliphatic carbocycles. The third-order valence-corrected chi connectivity index (χ3v) is 4.22. The Balaban J connectivity index is 1.92. The molecular weight excluding hydrogens is 250 g/mol. The van der Waals surface area contributed by atoms with E-state index in [9.17, 15) is 5.11 Å². The van der Waals surface area contributed by atoms with Gasteiger partial charge in [0.15, 0.2) is 0 Å². The lowest BCUT2D eigenvalue weighted by molar-refractivity contribution is 0.0473. The van der Waals surface area contributed by atoms with Crippen molar-refractivity contribution in [3.8, 4) is 0 Å². The molecule has 2 N–H and O–H groups in total. The summed E-state index contributed by atoms with van der Waals surface area (Å²) in [5.74, 6) is 0. The zero-order valence-electron chi connectivity index (χ0n) is 11.2. The molecule has 0 atom stereocenters. The maximum atomic E-state index is 10.2. The van der Waals surface area contributed by atoms with Gasteiger partial charge in [0.2, 0.25) is 0 Å². The summed E-state index contributed by atoms with van der Waals surface area (Å²) in [6.07, 6.45) is 4.91. The van der Waals surface area contributed by atoms with E-state index in [2.05, 4.69) is 10.4 Å². The molecule has 18 heavy (non-hydrogen) atoms. The molecule has 0 aliphatic heterocycles. The van der Waals surface area contributed by atoms with Gasteiger partial charge in [-0.05, 0) is 19.3 Å². The van der Waals surface area contributed by atoms with Crippen LogP contribution in [0.2, 0.25) is 5.02 Å². The van der Waals surface area contributed by atoms with E-state index in [0.717, 1.165) is 48.5 Å². The fourth-order valence-corrected chi connectivity index (χ4v) is 3.00. The molecular formula is C13H22ClN3O. The van der Waals surface area contributed by atoms with E-state index in [4.69, 9.17) is 11.6 Å². The second kappa shape index (κ2) is 5.59. The number of nitrogens with zero attached hydrogens (tertiary/aromatic N) is 2. The first kappa shape index (κ1) is 13.8. The van der Waals surface area contributed by atoms with E-state index in [0.29, 0.717) is 13.1 Å². The predicted molar refractivity (Wildman–Crippen MR) is 72.7 cm³/mol. The van der Waals surface area contributed by atoms with Crippen molar-refractivity contribution in [3.63, 3.8) is 0 Å². The number of nitrogens with one attached hydrogen (secondary N) is 1. The normalized spacial score (nSPS) is 18.4. The Morgan fingerprint density at radius 3 is 2.67 bits per heavy atom. The number of halogens is 1. The van der Waals surface area contributed by atoms with E-state index < -0.39 is 5.60 Å². The lowest BCUT2D eigenvalue weighted by Crippen LogP contribution is -2.37. The zero-order chi connectivity index (χ0) is 13.2. The van der Waals surface area contributed by atoms with Crippen LogP contribution in [0.3, 0.4) is 0 Å². The van der Waals surface area contributed by atoms with E-state index in [1.807, 2.05) is 18.7 Å². The minimum atomic E-state index is -0.515. The van der Waals surface area contributed by atoms with Crippen molar-refractivity contribution in [3.05, 3.63) is 16.4 Å². The van der Waals surface area contributed by atoms with Gasteiger partial charge in [-0.25, -0.2) is 0 Å².